The first-order chi connectivity index (χ1) is 7.20. The van der Waals surface area contributed by atoms with Crippen molar-refractivity contribution in [3.8, 4) is 0 Å². The van der Waals surface area contributed by atoms with Gasteiger partial charge in [0.05, 0.1) is 0 Å². The molecule has 0 N–H and O–H groups in total. The molecule has 82 valence electrons. The minimum atomic E-state index is -0.393. The van der Waals surface area contributed by atoms with Gasteiger partial charge in [0.1, 0.15) is 17.8 Å². The zero-order valence-electron chi connectivity index (χ0n) is 8.32. The molecule has 15 heavy (non-hydrogen) atoms. The van der Waals surface area contributed by atoms with Gasteiger partial charge < -0.3 is 4.74 Å². The van der Waals surface area contributed by atoms with Crippen molar-refractivity contribution in [2.75, 3.05) is 5.88 Å². The van der Waals surface area contributed by atoms with Crippen LogP contribution in [0.2, 0.25) is 0 Å². The summed E-state index contributed by atoms with van der Waals surface area (Å²) in [5.41, 5.74) is 0. The van der Waals surface area contributed by atoms with Crippen molar-refractivity contribution in [2.45, 2.75) is 25.4 Å². The molecular formula is C11H13ClO3. The number of halogens is 1. The SMILES string of the molecule is O=C(CCl)O[C@H]1C[C@H]2C=C[C@H]1CCC2=O. The highest BCUT2D eigenvalue weighted by Gasteiger charge is 2.35. The Morgan fingerprint density at radius 3 is 3.07 bits per heavy atom. The van der Waals surface area contributed by atoms with Crippen molar-refractivity contribution >= 4 is 23.4 Å². The monoisotopic (exact) mass is 228 g/mol. The molecule has 2 bridgehead atoms. The number of allylic oxidation sites excluding steroid dienone is 1. The Balaban J connectivity index is 2.07. The number of esters is 1. The average molecular weight is 229 g/mol. The van der Waals surface area contributed by atoms with Crippen molar-refractivity contribution in [3.63, 3.8) is 0 Å². The van der Waals surface area contributed by atoms with Gasteiger partial charge in [-0.2, -0.15) is 0 Å². The van der Waals surface area contributed by atoms with E-state index in [1.165, 1.54) is 0 Å². The van der Waals surface area contributed by atoms with Crippen LogP contribution in [0.1, 0.15) is 19.3 Å². The Bertz CT molecular complexity index is 311. The molecule has 3 rings (SSSR count). The number of ketones is 1. The summed E-state index contributed by atoms with van der Waals surface area (Å²) < 4.78 is 5.23. The van der Waals surface area contributed by atoms with Crippen LogP contribution in [-0.4, -0.2) is 23.7 Å². The number of carbonyl (C=O) groups excluding carboxylic acids is 2. The molecule has 0 spiro atoms. The van der Waals surface area contributed by atoms with E-state index in [1.54, 1.807) is 0 Å². The number of ether oxygens (including phenoxy) is 1. The summed E-state index contributed by atoms with van der Waals surface area (Å²) in [4.78, 5) is 22.6. The number of fused-ring (bicyclic) bond motifs is 3. The minimum absolute atomic E-state index is 0.0584. The molecule has 0 heterocycles. The van der Waals surface area contributed by atoms with E-state index in [1.807, 2.05) is 12.2 Å². The molecule has 3 nitrogen and oxygen atoms in total. The predicted molar refractivity (Wildman–Crippen MR) is 55.6 cm³/mol. The molecule has 4 heteroatoms. The van der Waals surface area contributed by atoms with Crippen LogP contribution in [-0.2, 0) is 14.3 Å². The standard InChI is InChI=1S/C11H13ClO3/c12-6-11(14)15-10-5-8-2-1-7(10)3-4-9(8)13/h1-2,7-8,10H,3-6H2/t7-,8+,10-/m0/s1. The van der Waals surface area contributed by atoms with Gasteiger partial charge in [-0.25, -0.2) is 0 Å². The first kappa shape index (κ1) is 10.7. The second-order valence-electron chi connectivity index (χ2n) is 4.06. The largest absolute Gasteiger partial charge is 0.461 e. The maximum absolute atomic E-state index is 11.6. The second-order valence-corrected chi connectivity index (χ2v) is 4.33. The van der Waals surface area contributed by atoms with Gasteiger partial charge in [0.15, 0.2) is 0 Å². The predicted octanol–water partition coefficient (Wildman–Crippen LogP) is 1.69. The fourth-order valence-electron chi connectivity index (χ4n) is 2.26. The lowest BCUT2D eigenvalue weighted by Crippen LogP contribution is -2.30. The van der Waals surface area contributed by atoms with Crippen molar-refractivity contribution in [1.82, 2.24) is 0 Å². The van der Waals surface area contributed by atoms with Crippen LogP contribution in [0.4, 0.5) is 0 Å². The van der Waals surface area contributed by atoms with Gasteiger partial charge in [0.2, 0.25) is 0 Å². The summed E-state index contributed by atoms with van der Waals surface area (Å²) in [6, 6.07) is 0. The van der Waals surface area contributed by atoms with E-state index >= 15 is 0 Å². The Kier molecular flexibility index (Phi) is 3.10. The Labute approximate surface area is 93.4 Å². The highest BCUT2D eigenvalue weighted by atomic mass is 35.5. The van der Waals surface area contributed by atoms with Gasteiger partial charge in [0.25, 0.3) is 0 Å². The van der Waals surface area contributed by atoms with Crippen LogP contribution in [0.5, 0.6) is 0 Å². The van der Waals surface area contributed by atoms with E-state index < -0.39 is 5.97 Å². The smallest absolute Gasteiger partial charge is 0.321 e. The third kappa shape index (κ3) is 2.23. The summed E-state index contributed by atoms with van der Waals surface area (Å²) in [5.74, 6) is -0.115. The summed E-state index contributed by atoms with van der Waals surface area (Å²) in [6.45, 7) is 0. The van der Waals surface area contributed by atoms with Crippen LogP contribution < -0.4 is 0 Å². The van der Waals surface area contributed by atoms with Crippen LogP contribution in [0.3, 0.4) is 0 Å². The van der Waals surface area contributed by atoms with E-state index in [0.29, 0.717) is 12.8 Å². The van der Waals surface area contributed by atoms with Crippen molar-refractivity contribution in [1.29, 1.82) is 0 Å². The molecule has 0 aromatic heterocycles. The Morgan fingerprint density at radius 1 is 1.53 bits per heavy atom. The zero-order chi connectivity index (χ0) is 10.8. The van der Waals surface area contributed by atoms with Gasteiger partial charge in [0, 0.05) is 18.3 Å². The minimum Gasteiger partial charge on any atom is -0.461 e. The summed E-state index contributed by atoms with van der Waals surface area (Å²) in [7, 11) is 0. The summed E-state index contributed by atoms with van der Waals surface area (Å²) in [6.07, 6.45) is 5.81. The number of hydrogen-bond donors (Lipinski definition) is 0. The third-order valence-electron chi connectivity index (χ3n) is 3.08. The highest BCUT2D eigenvalue weighted by molar-refractivity contribution is 6.26. The molecule has 0 unspecified atom stereocenters. The van der Waals surface area contributed by atoms with Gasteiger partial charge >= 0.3 is 5.97 Å². The molecule has 3 aliphatic rings. The molecule has 3 aliphatic carbocycles. The second kappa shape index (κ2) is 4.35. The number of Topliss-reactive ketones (excluding diaryl/α,β-unsaturated/α-hetero) is 1. The quantitative estimate of drug-likeness (QED) is 0.410. The van der Waals surface area contributed by atoms with Crippen LogP contribution in [0, 0.1) is 11.8 Å². The Hall–Kier alpha value is -0.830. The zero-order valence-corrected chi connectivity index (χ0v) is 9.07. The first-order valence-electron chi connectivity index (χ1n) is 5.17. The normalized spacial score (nSPS) is 33.9. The number of carbonyl (C=O) groups is 2. The van der Waals surface area contributed by atoms with Gasteiger partial charge in [-0.1, -0.05) is 12.2 Å². The highest BCUT2D eigenvalue weighted by Crippen LogP contribution is 2.34. The first-order valence-corrected chi connectivity index (χ1v) is 5.70. The third-order valence-corrected chi connectivity index (χ3v) is 3.30. The number of alkyl halides is 1. The molecule has 1 fully saturated rings. The van der Waals surface area contributed by atoms with E-state index in [4.69, 9.17) is 16.3 Å². The van der Waals surface area contributed by atoms with E-state index in [2.05, 4.69) is 0 Å². The molecule has 0 aromatic rings. The Morgan fingerprint density at radius 2 is 2.33 bits per heavy atom. The molecule has 0 radical (unpaired) electrons. The molecule has 0 saturated heterocycles. The van der Waals surface area contributed by atoms with Crippen molar-refractivity contribution in [2.24, 2.45) is 11.8 Å². The van der Waals surface area contributed by atoms with E-state index in [9.17, 15) is 9.59 Å². The lowest BCUT2D eigenvalue weighted by Gasteiger charge is -2.26. The van der Waals surface area contributed by atoms with Crippen molar-refractivity contribution < 1.29 is 14.3 Å². The molecule has 1 saturated carbocycles. The fraction of sp³-hybridized carbons (Fsp3) is 0.636. The topological polar surface area (TPSA) is 43.4 Å². The lowest BCUT2D eigenvalue weighted by molar-refractivity contribution is -0.149. The fourth-order valence-corrected chi connectivity index (χ4v) is 2.32. The van der Waals surface area contributed by atoms with Gasteiger partial charge in [-0.3, -0.25) is 9.59 Å². The summed E-state index contributed by atoms with van der Waals surface area (Å²) in [5, 5.41) is 0. The number of rotatable bonds is 2. The van der Waals surface area contributed by atoms with Crippen LogP contribution in [0.25, 0.3) is 0 Å². The van der Waals surface area contributed by atoms with E-state index in [0.717, 1.165) is 6.42 Å². The van der Waals surface area contributed by atoms with Crippen molar-refractivity contribution in [3.05, 3.63) is 12.2 Å². The molecule has 0 amide bonds. The van der Waals surface area contributed by atoms with Crippen LogP contribution in [0.15, 0.2) is 12.2 Å². The summed E-state index contributed by atoms with van der Waals surface area (Å²) >= 11 is 5.38. The maximum atomic E-state index is 11.6. The lowest BCUT2D eigenvalue weighted by atomic mass is 9.88. The molecular weight excluding hydrogens is 216 g/mol. The van der Waals surface area contributed by atoms with Gasteiger partial charge in [-0.05, 0) is 12.8 Å². The van der Waals surface area contributed by atoms with Crippen LogP contribution >= 0.6 is 11.6 Å². The number of hydrogen-bond acceptors (Lipinski definition) is 3. The molecule has 3 atom stereocenters. The average Bonchev–Trinajstić information content (AvgIpc) is 2.50. The van der Waals surface area contributed by atoms with Gasteiger partial charge in [-0.15, -0.1) is 11.6 Å². The molecule has 0 aliphatic heterocycles. The van der Waals surface area contributed by atoms with E-state index in [-0.39, 0.29) is 29.6 Å². The maximum Gasteiger partial charge on any atom is 0.321 e. The molecule has 0 aromatic carbocycles.